The van der Waals surface area contributed by atoms with Gasteiger partial charge in [0.05, 0.1) is 33.1 Å². The number of allylic oxidation sites excluding steroid dienone is 2. The molecule has 372 valence electrons. The number of hydrogen-bond acceptors (Lipinski definition) is 2. The van der Waals surface area contributed by atoms with Gasteiger partial charge in [0.25, 0.3) is 0 Å². The molecule has 0 amide bonds. The molecular weight excluding hydrogens is 945 g/mol. The van der Waals surface area contributed by atoms with E-state index in [1.54, 1.807) is 0 Å². The van der Waals surface area contributed by atoms with Gasteiger partial charge in [-0.3, -0.25) is 9.97 Å². The van der Waals surface area contributed by atoms with Crippen molar-refractivity contribution in [2.75, 3.05) is 0 Å². The summed E-state index contributed by atoms with van der Waals surface area (Å²) in [4.78, 5) is 9.96. The minimum absolute atomic E-state index is 0.855. The van der Waals surface area contributed by atoms with Gasteiger partial charge in [-0.1, -0.05) is 188 Å². The summed E-state index contributed by atoms with van der Waals surface area (Å²) in [6.07, 6.45) is 5.60. The first-order valence-electron chi connectivity index (χ1n) is 26.8. The molecule has 14 rings (SSSR count). The topological polar surface area (TPSA) is 35.6 Å². The molecule has 4 nitrogen and oxygen atoms in total. The highest BCUT2D eigenvalue weighted by molar-refractivity contribution is 6.13. The van der Waals surface area contributed by atoms with Crippen LogP contribution in [0.15, 0.2) is 268 Å². The lowest BCUT2D eigenvalue weighted by molar-refractivity contribution is 1.13. The number of nitrogens with zero attached hydrogens (tertiary/aromatic N) is 4. The lowest BCUT2D eigenvalue weighted by atomic mass is 9.94. The molecule has 0 fully saturated rings. The first-order valence-corrected chi connectivity index (χ1v) is 26.8. The van der Waals surface area contributed by atoms with Crippen LogP contribution < -0.4 is 0 Å². The van der Waals surface area contributed by atoms with Gasteiger partial charge in [-0.25, -0.2) is 0 Å². The first-order chi connectivity index (χ1) is 38.4. The van der Waals surface area contributed by atoms with Crippen LogP contribution in [0.5, 0.6) is 0 Å². The summed E-state index contributed by atoms with van der Waals surface area (Å²) in [5.74, 6) is 0. The number of para-hydroxylation sites is 2. The fourth-order valence-corrected chi connectivity index (χ4v) is 11.7. The molecule has 0 spiro atoms. The van der Waals surface area contributed by atoms with E-state index >= 15 is 0 Å². The molecule has 14 aromatic rings. The molecule has 0 unspecified atom stereocenters. The predicted octanol–water partition coefficient (Wildman–Crippen LogP) is 19.4. The highest BCUT2D eigenvalue weighted by atomic mass is 15.0. The highest BCUT2D eigenvalue weighted by Gasteiger charge is 2.18. The first kappa shape index (κ1) is 47.8. The molecule has 0 aliphatic carbocycles. The molecule has 0 radical (unpaired) electrons. The second-order valence-corrected chi connectivity index (χ2v) is 20.3. The van der Waals surface area contributed by atoms with Gasteiger partial charge in [-0.2, -0.15) is 0 Å². The van der Waals surface area contributed by atoms with Gasteiger partial charge in [0, 0.05) is 55.1 Å². The van der Waals surface area contributed by atoms with Crippen LogP contribution in [0.4, 0.5) is 0 Å². The molecule has 0 aliphatic heterocycles. The lowest BCUT2D eigenvalue weighted by Gasteiger charge is -2.14. The van der Waals surface area contributed by atoms with E-state index in [1.165, 1.54) is 99.2 Å². The molecule has 4 aromatic heterocycles. The molecule has 78 heavy (non-hydrogen) atoms. The molecule has 0 saturated carbocycles. The molecule has 4 heteroatoms. The van der Waals surface area contributed by atoms with Gasteiger partial charge >= 0.3 is 0 Å². The zero-order valence-corrected chi connectivity index (χ0v) is 43.9. The SMILES string of the molecule is C=CCc1cccc(-c2cc(C)nc3c2ccc2c(-c4cccc(CC=C)c4)cc(C)nc23)c1.c1ccc(-c2ccc3c(c2)c2ccccc2n3-c2cccc(-n3c4ccccc4c4cc(-c5ccccc5)ccc43)c2)cc1. The lowest BCUT2D eigenvalue weighted by Crippen LogP contribution is -1.98. The van der Waals surface area contributed by atoms with Crippen LogP contribution in [-0.2, 0) is 12.8 Å². The van der Waals surface area contributed by atoms with E-state index in [0.29, 0.717) is 0 Å². The van der Waals surface area contributed by atoms with E-state index in [9.17, 15) is 0 Å². The molecule has 10 aromatic carbocycles. The van der Waals surface area contributed by atoms with Gasteiger partial charge in [0.15, 0.2) is 0 Å². The minimum Gasteiger partial charge on any atom is -0.309 e. The van der Waals surface area contributed by atoms with E-state index in [2.05, 4.69) is 279 Å². The van der Waals surface area contributed by atoms with Crippen LogP contribution in [0.3, 0.4) is 0 Å². The third-order valence-corrected chi connectivity index (χ3v) is 15.2. The van der Waals surface area contributed by atoms with Crippen LogP contribution in [-0.4, -0.2) is 19.1 Å². The van der Waals surface area contributed by atoms with E-state index in [4.69, 9.17) is 9.97 Å². The largest absolute Gasteiger partial charge is 0.309 e. The summed E-state index contributed by atoms with van der Waals surface area (Å²) in [7, 11) is 0. The molecule has 0 atom stereocenters. The van der Waals surface area contributed by atoms with Crippen LogP contribution in [0.2, 0.25) is 0 Å². The molecule has 0 N–H and O–H groups in total. The predicted molar refractivity (Wildman–Crippen MR) is 331 cm³/mol. The smallest absolute Gasteiger partial charge is 0.0974 e. The van der Waals surface area contributed by atoms with Crippen LogP contribution >= 0.6 is 0 Å². The van der Waals surface area contributed by atoms with Crippen molar-refractivity contribution in [3.8, 4) is 55.9 Å². The normalized spacial score (nSPS) is 11.4. The van der Waals surface area contributed by atoms with Crippen molar-refractivity contribution in [3.05, 3.63) is 290 Å². The minimum atomic E-state index is 0.855. The number of aromatic nitrogens is 4. The number of benzene rings is 10. The van der Waals surface area contributed by atoms with E-state index < -0.39 is 0 Å². The van der Waals surface area contributed by atoms with Gasteiger partial charge in [0.2, 0.25) is 0 Å². The average molecular weight is 1000 g/mol. The zero-order valence-electron chi connectivity index (χ0n) is 43.9. The Hall–Kier alpha value is -9.90. The van der Waals surface area contributed by atoms with Crippen molar-refractivity contribution in [2.45, 2.75) is 26.7 Å². The summed E-state index contributed by atoms with van der Waals surface area (Å²) in [6, 6.07) is 87.6. The van der Waals surface area contributed by atoms with Gasteiger partial charge < -0.3 is 9.13 Å². The van der Waals surface area contributed by atoms with Crippen LogP contribution in [0.1, 0.15) is 22.5 Å². The maximum atomic E-state index is 4.98. The average Bonchev–Trinajstić information content (AvgIpc) is 4.02. The summed E-state index contributed by atoms with van der Waals surface area (Å²) in [6.45, 7) is 11.9. The number of pyridine rings is 2. The number of hydrogen-bond donors (Lipinski definition) is 0. The summed E-state index contributed by atoms with van der Waals surface area (Å²) in [5, 5.41) is 7.29. The Kier molecular flexibility index (Phi) is 12.5. The van der Waals surface area contributed by atoms with Crippen molar-refractivity contribution in [1.29, 1.82) is 0 Å². The Labute approximate surface area is 455 Å². The third kappa shape index (κ3) is 8.73. The van der Waals surface area contributed by atoms with E-state index in [1.807, 2.05) is 12.2 Å². The zero-order chi connectivity index (χ0) is 52.7. The Balaban J connectivity index is 0.000000154. The maximum Gasteiger partial charge on any atom is 0.0974 e. The third-order valence-electron chi connectivity index (χ3n) is 15.2. The molecule has 0 bridgehead atoms. The summed E-state index contributed by atoms with van der Waals surface area (Å²) >= 11 is 0. The van der Waals surface area contributed by atoms with Crippen LogP contribution in [0.25, 0.3) is 121 Å². The second-order valence-electron chi connectivity index (χ2n) is 20.3. The van der Waals surface area contributed by atoms with Gasteiger partial charge in [-0.05, 0) is 149 Å². The second kappa shape index (κ2) is 20.3. The number of aryl methyl sites for hydroxylation is 2. The van der Waals surface area contributed by atoms with Crippen molar-refractivity contribution >= 4 is 65.4 Å². The summed E-state index contributed by atoms with van der Waals surface area (Å²) < 4.78 is 4.81. The Bertz CT molecular complexity index is 4320. The highest BCUT2D eigenvalue weighted by Crippen LogP contribution is 2.40. The Morgan fingerprint density at radius 2 is 0.718 bits per heavy atom. The van der Waals surface area contributed by atoms with Crippen molar-refractivity contribution < 1.29 is 0 Å². The Morgan fingerprint density at radius 3 is 1.17 bits per heavy atom. The fourth-order valence-electron chi connectivity index (χ4n) is 11.7. The van der Waals surface area contributed by atoms with Gasteiger partial charge in [0.1, 0.15) is 0 Å². The number of rotatable bonds is 10. The fraction of sp³-hybridized carbons (Fsp3) is 0.0541. The van der Waals surface area contributed by atoms with Crippen molar-refractivity contribution in [2.24, 2.45) is 0 Å². The van der Waals surface area contributed by atoms with E-state index in [0.717, 1.165) is 57.4 Å². The number of fused-ring (bicyclic) bond motifs is 9. The monoisotopic (exact) mass is 1000 g/mol. The van der Waals surface area contributed by atoms with E-state index in [-0.39, 0.29) is 0 Å². The van der Waals surface area contributed by atoms with Crippen molar-refractivity contribution in [1.82, 2.24) is 19.1 Å². The maximum absolute atomic E-state index is 4.98. The molecule has 0 aliphatic rings. The standard InChI is InChI=1S/C42H28N2.C32H28N2/c1-3-12-29(13-4-1)31-22-24-41-37(26-31)35-18-7-9-20-39(35)43(41)33-16-11-17-34(28-33)44-40-21-10-8-19-36(40)38-27-32(23-25-42(38)44)30-14-5-2-6-15-30;1-5-9-23-11-7-13-25(19-23)29-17-21(3)33-31-27(29)15-16-28-30(18-22(4)34-32(28)31)26-14-8-12-24(20-26)10-6-2/h1-28H;5-8,11-20H,1-2,9-10H2,3-4H3. The Morgan fingerprint density at radius 1 is 0.321 bits per heavy atom. The quantitative estimate of drug-likeness (QED) is 0.101. The van der Waals surface area contributed by atoms with Gasteiger partial charge in [-0.15, -0.1) is 13.2 Å². The molecular formula is C74H56N4. The molecule has 0 saturated heterocycles. The molecule has 4 heterocycles. The van der Waals surface area contributed by atoms with Crippen LogP contribution in [0, 0.1) is 13.8 Å². The summed E-state index contributed by atoms with van der Waals surface area (Å²) in [5.41, 5.74) is 23.2. The van der Waals surface area contributed by atoms with Crippen molar-refractivity contribution in [3.63, 3.8) is 0 Å².